The second kappa shape index (κ2) is 6.75. The average molecular weight is 328 g/mol. The maximum atomic E-state index is 13.1. The molecule has 0 atom stereocenters. The fraction of sp³-hybridized carbons (Fsp3) is 0.533. The molecule has 1 amide bonds. The number of piperidine rings is 1. The van der Waals surface area contributed by atoms with Crippen molar-refractivity contribution >= 4 is 21.6 Å². The molecule has 7 heteroatoms. The lowest BCUT2D eigenvalue weighted by atomic mass is 9.97. The highest BCUT2D eigenvalue weighted by atomic mass is 32.2. The molecule has 2 rings (SSSR count). The van der Waals surface area contributed by atoms with Crippen LogP contribution < -0.4 is 5.32 Å². The minimum Gasteiger partial charge on any atom is -0.326 e. The number of carbonyl (C=O) groups excluding carboxylic acids is 1. The van der Waals surface area contributed by atoms with Gasteiger partial charge in [0.2, 0.25) is 15.9 Å². The van der Waals surface area contributed by atoms with Crippen LogP contribution in [0.1, 0.15) is 25.3 Å². The van der Waals surface area contributed by atoms with E-state index in [0.29, 0.717) is 37.2 Å². The SMILES string of the molecule is CCS(=O)(=O)N1CCC(C(=O)Nc2ccc(F)cc2C)CC1. The van der Waals surface area contributed by atoms with Crippen LogP contribution in [0.2, 0.25) is 0 Å². The number of nitrogens with one attached hydrogen (secondary N) is 1. The molecule has 1 heterocycles. The van der Waals surface area contributed by atoms with Gasteiger partial charge in [0, 0.05) is 24.7 Å². The molecule has 0 unspecified atom stereocenters. The van der Waals surface area contributed by atoms with E-state index in [1.165, 1.54) is 16.4 Å². The number of hydrogen-bond donors (Lipinski definition) is 1. The minimum absolute atomic E-state index is 0.0820. The van der Waals surface area contributed by atoms with Gasteiger partial charge in [-0.1, -0.05) is 0 Å². The number of sulfonamides is 1. The lowest BCUT2D eigenvalue weighted by molar-refractivity contribution is -0.120. The monoisotopic (exact) mass is 328 g/mol. The highest BCUT2D eigenvalue weighted by Gasteiger charge is 2.30. The summed E-state index contributed by atoms with van der Waals surface area (Å²) in [6.07, 6.45) is 1.01. The van der Waals surface area contributed by atoms with Crippen molar-refractivity contribution in [2.24, 2.45) is 5.92 Å². The van der Waals surface area contributed by atoms with E-state index in [0.717, 1.165) is 0 Å². The van der Waals surface area contributed by atoms with E-state index in [1.54, 1.807) is 19.9 Å². The zero-order chi connectivity index (χ0) is 16.3. The summed E-state index contributed by atoms with van der Waals surface area (Å²) in [4.78, 5) is 12.3. The van der Waals surface area contributed by atoms with Crippen LogP contribution in [0.5, 0.6) is 0 Å². The Morgan fingerprint density at radius 2 is 2.00 bits per heavy atom. The van der Waals surface area contributed by atoms with Gasteiger partial charge in [0.25, 0.3) is 0 Å². The summed E-state index contributed by atoms with van der Waals surface area (Å²) in [6, 6.07) is 4.21. The molecule has 0 aromatic heterocycles. The smallest absolute Gasteiger partial charge is 0.227 e. The van der Waals surface area contributed by atoms with Gasteiger partial charge in [-0.15, -0.1) is 0 Å². The van der Waals surface area contributed by atoms with E-state index in [2.05, 4.69) is 5.32 Å². The summed E-state index contributed by atoms with van der Waals surface area (Å²) in [6.45, 7) is 4.09. The molecule has 1 saturated heterocycles. The van der Waals surface area contributed by atoms with E-state index in [4.69, 9.17) is 0 Å². The molecule has 0 spiro atoms. The number of hydrogen-bond acceptors (Lipinski definition) is 3. The van der Waals surface area contributed by atoms with Gasteiger partial charge in [0.15, 0.2) is 0 Å². The highest BCUT2D eigenvalue weighted by molar-refractivity contribution is 7.89. The summed E-state index contributed by atoms with van der Waals surface area (Å²) in [5.41, 5.74) is 1.26. The lowest BCUT2D eigenvalue weighted by Gasteiger charge is -2.30. The second-order valence-electron chi connectivity index (χ2n) is 5.52. The molecule has 1 aromatic carbocycles. The third-order valence-electron chi connectivity index (χ3n) is 4.03. The molecule has 0 saturated carbocycles. The van der Waals surface area contributed by atoms with Crippen LogP contribution in [0.4, 0.5) is 10.1 Å². The fourth-order valence-electron chi connectivity index (χ4n) is 2.58. The molecular formula is C15H21FN2O3S. The number of rotatable bonds is 4. The zero-order valence-corrected chi connectivity index (χ0v) is 13.6. The van der Waals surface area contributed by atoms with Crippen LogP contribution in [0.15, 0.2) is 18.2 Å². The van der Waals surface area contributed by atoms with E-state index in [1.807, 2.05) is 0 Å². The van der Waals surface area contributed by atoms with Gasteiger partial charge in [-0.2, -0.15) is 0 Å². The molecule has 1 aliphatic heterocycles. The molecule has 0 aliphatic carbocycles. The Balaban J connectivity index is 1.95. The summed E-state index contributed by atoms with van der Waals surface area (Å²) in [5.74, 6) is -0.608. The molecule has 0 bridgehead atoms. The Morgan fingerprint density at radius 3 is 2.55 bits per heavy atom. The predicted octanol–water partition coefficient (Wildman–Crippen LogP) is 2.13. The summed E-state index contributed by atoms with van der Waals surface area (Å²) >= 11 is 0. The zero-order valence-electron chi connectivity index (χ0n) is 12.8. The van der Waals surface area contributed by atoms with Gasteiger partial charge in [-0.05, 0) is 50.5 Å². The molecule has 5 nitrogen and oxygen atoms in total. The van der Waals surface area contributed by atoms with E-state index in [9.17, 15) is 17.6 Å². The summed E-state index contributed by atoms with van der Waals surface area (Å²) in [5, 5.41) is 2.80. The van der Waals surface area contributed by atoms with Crippen molar-refractivity contribution in [2.75, 3.05) is 24.2 Å². The van der Waals surface area contributed by atoms with Crippen molar-refractivity contribution in [2.45, 2.75) is 26.7 Å². The minimum atomic E-state index is -3.18. The van der Waals surface area contributed by atoms with E-state index < -0.39 is 10.0 Å². The molecular weight excluding hydrogens is 307 g/mol. The number of amides is 1. The van der Waals surface area contributed by atoms with E-state index >= 15 is 0 Å². The first-order chi connectivity index (χ1) is 10.3. The molecule has 0 radical (unpaired) electrons. The van der Waals surface area contributed by atoms with Crippen LogP contribution >= 0.6 is 0 Å². The van der Waals surface area contributed by atoms with Crippen LogP contribution in [0.25, 0.3) is 0 Å². The molecule has 1 aromatic rings. The first-order valence-electron chi connectivity index (χ1n) is 7.38. The van der Waals surface area contributed by atoms with Crippen molar-refractivity contribution in [1.29, 1.82) is 0 Å². The van der Waals surface area contributed by atoms with Gasteiger partial charge in [-0.3, -0.25) is 4.79 Å². The van der Waals surface area contributed by atoms with Crippen LogP contribution in [0, 0.1) is 18.7 Å². The van der Waals surface area contributed by atoms with Crippen molar-refractivity contribution in [3.63, 3.8) is 0 Å². The third kappa shape index (κ3) is 3.84. The Morgan fingerprint density at radius 1 is 1.36 bits per heavy atom. The topological polar surface area (TPSA) is 66.5 Å². The molecule has 22 heavy (non-hydrogen) atoms. The van der Waals surface area contributed by atoms with Crippen molar-refractivity contribution < 1.29 is 17.6 Å². The highest BCUT2D eigenvalue weighted by Crippen LogP contribution is 2.23. The van der Waals surface area contributed by atoms with E-state index in [-0.39, 0.29) is 23.4 Å². The number of anilines is 1. The molecule has 122 valence electrons. The Labute approximate surface area is 130 Å². The normalized spacial score (nSPS) is 17.4. The average Bonchev–Trinajstić information content (AvgIpc) is 2.50. The second-order valence-corrected chi connectivity index (χ2v) is 7.78. The van der Waals surface area contributed by atoms with Crippen molar-refractivity contribution in [3.8, 4) is 0 Å². The van der Waals surface area contributed by atoms with Gasteiger partial charge >= 0.3 is 0 Å². The molecule has 1 fully saturated rings. The van der Waals surface area contributed by atoms with Crippen molar-refractivity contribution in [1.82, 2.24) is 4.31 Å². The van der Waals surface area contributed by atoms with Gasteiger partial charge in [0.1, 0.15) is 5.82 Å². The summed E-state index contributed by atoms with van der Waals surface area (Å²) in [7, 11) is -3.18. The largest absolute Gasteiger partial charge is 0.326 e. The standard InChI is InChI=1S/C15H21FN2O3S/c1-3-22(20,21)18-8-6-12(7-9-18)15(19)17-14-5-4-13(16)10-11(14)2/h4-5,10,12H,3,6-9H2,1-2H3,(H,17,19). The summed E-state index contributed by atoms with van der Waals surface area (Å²) < 4.78 is 38.1. The number of aryl methyl sites for hydroxylation is 1. The number of nitrogens with zero attached hydrogens (tertiary/aromatic N) is 1. The van der Waals surface area contributed by atoms with Crippen LogP contribution in [-0.2, 0) is 14.8 Å². The number of carbonyl (C=O) groups is 1. The first kappa shape index (κ1) is 16.9. The molecule has 1 N–H and O–H groups in total. The quantitative estimate of drug-likeness (QED) is 0.921. The Bertz CT molecular complexity index is 653. The van der Waals surface area contributed by atoms with Crippen LogP contribution in [0.3, 0.4) is 0 Å². The van der Waals surface area contributed by atoms with Gasteiger partial charge in [0.05, 0.1) is 5.75 Å². The lowest BCUT2D eigenvalue weighted by Crippen LogP contribution is -2.42. The van der Waals surface area contributed by atoms with Crippen molar-refractivity contribution in [3.05, 3.63) is 29.6 Å². The first-order valence-corrected chi connectivity index (χ1v) is 8.99. The Kier molecular flexibility index (Phi) is 5.18. The Hall–Kier alpha value is -1.47. The van der Waals surface area contributed by atoms with Crippen LogP contribution in [-0.4, -0.2) is 37.5 Å². The van der Waals surface area contributed by atoms with Gasteiger partial charge in [-0.25, -0.2) is 17.1 Å². The number of benzene rings is 1. The maximum absolute atomic E-state index is 13.1. The number of halogens is 1. The molecule has 1 aliphatic rings. The third-order valence-corrected chi connectivity index (χ3v) is 5.91. The fourth-order valence-corrected chi connectivity index (χ4v) is 3.71. The predicted molar refractivity (Wildman–Crippen MR) is 83.5 cm³/mol. The maximum Gasteiger partial charge on any atom is 0.227 e. The van der Waals surface area contributed by atoms with Gasteiger partial charge < -0.3 is 5.32 Å².